The van der Waals surface area contributed by atoms with Crippen LogP contribution in [0.25, 0.3) is 0 Å². The molecule has 2 heterocycles. The molecule has 2 aliphatic rings. The second-order valence-corrected chi connectivity index (χ2v) is 7.75. The summed E-state index contributed by atoms with van der Waals surface area (Å²) in [5, 5.41) is 0. The van der Waals surface area contributed by atoms with Gasteiger partial charge in [-0.25, -0.2) is 0 Å². The summed E-state index contributed by atoms with van der Waals surface area (Å²) in [6.07, 6.45) is 0.294. The van der Waals surface area contributed by atoms with E-state index in [9.17, 15) is 9.59 Å². The first-order chi connectivity index (χ1) is 14.0. The van der Waals surface area contributed by atoms with Crippen LogP contribution < -0.4 is 14.5 Å². The molecule has 1 atom stereocenters. The molecule has 6 heteroatoms. The molecular formula is C23H27N3O3. The van der Waals surface area contributed by atoms with Gasteiger partial charge in [-0.2, -0.15) is 0 Å². The van der Waals surface area contributed by atoms with E-state index in [1.54, 1.807) is 12.0 Å². The van der Waals surface area contributed by atoms with Crippen molar-refractivity contribution in [2.24, 2.45) is 5.92 Å². The van der Waals surface area contributed by atoms with Crippen LogP contribution in [0.4, 0.5) is 11.4 Å². The van der Waals surface area contributed by atoms with Crippen LogP contribution in [0.2, 0.25) is 0 Å². The molecule has 152 valence electrons. The van der Waals surface area contributed by atoms with Crippen LogP contribution in [0.15, 0.2) is 48.5 Å². The van der Waals surface area contributed by atoms with Gasteiger partial charge in [0.15, 0.2) is 0 Å². The third-order valence-corrected chi connectivity index (χ3v) is 5.83. The van der Waals surface area contributed by atoms with Crippen molar-refractivity contribution >= 4 is 23.2 Å². The predicted molar refractivity (Wildman–Crippen MR) is 113 cm³/mol. The summed E-state index contributed by atoms with van der Waals surface area (Å²) in [5.41, 5.74) is 3.14. The summed E-state index contributed by atoms with van der Waals surface area (Å²) in [6.45, 7) is 5.39. The van der Waals surface area contributed by atoms with E-state index >= 15 is 0 Å². The first-order valence-corrected chi connectivity index (χ1v) is 10.1. The summed E-state index contributed by atoms with van der Waals surface area (Å²) in [7, 11) is 1.67. The Morgan fingerprint density at radius 1 is 1.00 bits per heavy atom. The highest BCUT2D eigenvalue weighted by atomic mass is 16.5. The van der Waals surface area contributed by atoms with Gasteiger partial charge in [0, 0.05) is 56.6 Å². The van der Waals surface area contributed by atoms with Gasteiger partial charge in [0.05, 0.1) is 13.0 Å². The van der Waals surface area contributed by atoms with Crippen LogP contribution in [0.1, 0.15) is 12.0 Å². The monoisotopic (exact) mass is 393 g/mol. The van der Waals surface area contributed by atoms with Crippen molar-refractivity contribution in [2.45, 2.75) is 13.3 Å². The Bertz CT molecular complexity index is 888. The minimum Gasteiger partial charge on any atom is -0.497 e. The summed E-state index contributed by atoms with van der Waals surface area (Å²) in [4.78, 5) is 31.4. The maximum absolute atomic E-state index is 13.0. The van der Waals surface area contributed by atoms with E-state index in [0.29, 0.717) is 26.1 Å². The largest absolute Gasteiger partial charge is 0.497 e. The molecule has 0 N–H and O–H groups in total. The highest BCUT2D eigenvalue weighted by Crippen LogP contribution is 2.28. The van der Waals surface area contributed by atoms with Crippen LogP contribution in [0.5, 0.6) is 5.75 Å². The van der Waals surface area contributed by atoms with Gasteiger partial charge in [0.25, 0.3) is 0 Å². The zero-order valence-corrected chi connectivity index (χ0v) is 17.0. The molecule has 2 aromatic carbocycles. The maximum Gasteiger partial charge on any atom is 0.228 e. The van der Waals surface area contributed by atoms with Crippen LogP contribution in [-0.4, -0.2) is 56.5 Å². The van der Waals surface area contributed by atoms with Gasteiger partial charge in [-0.15, -0.1) is 0 Å². The van der Waals surface area contributed by atoms with Crippen LogP contribution in [-0.2, 0) is 9.59 Å². The molecule has 0 spiro atoms. The smallest absolute Gasteiger partial charge is 0.228 e. The molecule has 4 rings (SSSR count). The van der Waals surface area contributed by atoms with E-state index in [1.807, 2.05) is 54.3 Å². The average molecular weight is 393 g/mol. The number of hydrogen-bond acceptors (Lipinski definition) is 4. The number of carbonyl (C=O) groups is 2. The molecule has 0 radical (unpaired) electrons. The predicted octanol–water partition coefficient (Wildman–Crippen LogP) is 2.71. The molecule has 29 heavy (non-hydrogen) atoms. The third kappa shape index (κ3) is 4.06. The minimum atomic E-state index is -0.257. The topological polar surface area (TPSA) is 53.1 Å². The molecule has 0 unspecified atom stereocenters. The highest BCUT2D eigenvalue weighted by Gasteiger charge is 2.37. The zero-order valence-electron chi connectivity index (χ0n) is 17.0. The Morgan fingerprint density at radius 3 is 2.41 bits per heavy atom. The van der Waals surface area contributed by atoms with Crippen LogP contribution in [0.3, 0.4) is 0 Å². The zero-order chi connectivity index (χ0) is 20.4. The number of rotatable bonds is 4. The lowest BCUT2D eigenvalue weighted by atomic mass is 10.1. The van der Waals surface area contributed by atoms with E-state index in [-0.39, 0.29) is 17.7 Å². The van der Waals surface area contributed by atoms with Crippen LogP contribution >= 0.6 is 0 Å². The van der Waals surface area contributed by atoms with E-state index in [2.05, 4.69) is 11.0 Å². The summed E-state index contributed by atoms with van der Waals surface area (Å²) in [6, 6.07) is 15.9. The fourth-order valence-electron chi connectivity index (χ4n) is 4.10. The van der Waals surface area contributed by atoms with Crippen molar-refractivity contribution in [3.63, 3.8) is 0 Å². The molecule has 0 aliphatic carbocycles. The van der Waals surface area contributed by atoms with E-state index in [4.69, 9.17) is 4.74 Å². The number of methoxy groups -OCH3 is 1. The normalized spacial score (nSPS) is 19.6. The first-order valence-electron chi connectivity index (χ1n) is 10.1. The Kier molecular flexibility index (Phi) is 5.43. The Morgan fingerprint density at radius 2 is 1.72 bits per heavy atom. The number of ether oxygens (including phenoxy) is 1. The fourth-order valence-corrected chi connectivity index (χ4v) is 4.10. The molecule has 2 aromatic rings. The van der Waals surface area contributed by atoms with Gasteiger partial charge >= 0.3 is 0 Å². The molecular weight excluding hydrogens is 366 g/mol. The number of piperazine rings is 1. The second-order valence-electron chi connectivity index (χ2n) is 7.75. The lowest BCUT2D eigenvalue weighted by molar-refractivity contribution is -0.136. The van der Waals surface area contributed by atoms with Crippen molar-refractivity contribution in [3.05, 3.63) is 54.1 Å². The van der Waals surface area contributed by atoms with Gasteiger partial charge < -0.3 is 19.4 Å². The van der Waals surface area contributed by atoms with Gasteiger partial charge in [0.1, 0.15) is 5.75 Å². The molecule has 0 aromatic heterocycles. The highest BCUT2D eigenvalue weighted by molar-refractivity contribution is 6.00. The SMILES string of the molecule is COc1cccc(N2CCN(C(=O)[C@H]3CC(=O)N(c4ccc(C)cc4)C3)CC2)c1. The Hall–Kier alpha value is -3.02. The molecule has 2 aliphatic heterocycles. The van der Waals surface area contributed by atoms with Crippen molar-refractivity contribution in [1.82, 2.24) is 4.90 Å². The van der Waals surface area contributed by atoms with Gasteiger partial charge in [-0.05, 0) is 31.2 Å². The molecule has 2 saturated heterocycles. The van der Waals surface area contributed by atoms with Gasteiger partial charge in [-0.1, -0.05) is 23.8 Å². The van der Waals surface area contributed by atoms with E-state index in [0.717, 1.165) is 35.8 Å². The molecule has 0 saturated carbocycles. The number of carbonyl (C=O) groups excluding carboxylic acids is 2. The number of nitrogens with zero attached hydrogens (tertiary/aromatic N) is 3. The second kappa shape index (κ2) is 8.15. The number of aryl methyl sites for hydroxylation is 1. The molecule has 6 nitrogen and oxygen atoms in total. The van der Waals surface area contributed by atoms with Gasteiger partial charge in [0.2, 0.25) is 11.8 Å². The quantitative estimate of drug-likeness (QED) is 0.802. The summed E-state index contributed by atoms with van der Waals surface area (Å²) in [5.74, 6) is 0.703. The molecule has 2 fully saturated rings. The van der Waals surface area contributed by atoms with Crippen LogP contribution in [0, 0.1) is 12.8 Å². The van der Waals surface area contributed by atoms with E-state index in [1.165, 1.54) is 0 Å². The fraction of sp³-hybridized carbons (Fsp3) is 0.391. The lowest BCUT2D eigenvalue weighted by Crippen LogP contribution is -2.50. The third-order valence-electron chi connectivity index (χ3n) is 5.83. The first kappa shape index (κ1) is 19.3. The number of hydrogen-bond donors (Lipinski definition) is 0. The number of anilines is 2. The lowest BCUT2D eigenvalue weighted by Gasteiger charge is -2.37. The summed E-state index contributed by atoms with van der Waals surface area (Å²) >= 11 is 0. The van der Waals surface area contributed by atoms with Crippen molar-refractivity contribution in [3.8, 4) is 5.75 Å². The Labute approximate surface area is 171 Å². The molecule has 2 amide bonds. The van der Waals surface area contributed by atoms with Crippen molar-refractivity contribution in [1.29, 1.82) is 0 Å². The Balaban J connectivity index is 1.36. The van der Waals surface area contributed by atoms with Crippen molar-refractivity contribution < 1.29 is 14.3 Å². The number of benzene rings is 2. The van der Waals surface area contributed by atoms with Crippen molar-refractivity contribution in [2.75, 3.05) is 49.6 Å². The average Bonchev–Trinajstić information content (AvgIpc) is 3.15. The number of amides is 2. The standard InChI is InChI=1S/C23H27N3O3/c1-17-6-8-19(9-7-17)26-16-18(14-22(26)27)23(28)25-12-10-24(11-13-25)20-4-3-5-21(15-20)29-2/h3-9,15,18H,10-14,16H2,1-2H3/t18-/m0/s1. The minimum absolute atomic E-state index is 0.0298. The molecule has 0 bridgehead atoms. The summed E-state index contributed by atoms with van der Waals surface area (Å²) < 4.78 is 5.31. The maximum atomic E-state index is 13.0. The van der Waals surface area contributed by atoms with E-state index < -0.39 is 0 Å². The van der Waals surface area contributed by atoms with Gasteiger partial charge in [-0.3, -0.25) is 9.59 Å².